The van der Waals surface area contributed by atoms with Gasteiger partial charge in [-0.3, -0.25) is 24.1 Å². The van der Waals surface area contributed by atoms with Gasteiger partial charge in [0.25, 0.3) is 11.8 Å². The average Bonchev–Trinajstić information content (AvgIpc) is 3.20. The number of carbonyl (C=O) groups is 5. The molecule has 5 N–H and O–H groups in total. The molecule has 1 fully saturated rings. The highest BCUT2D eigenvalue weighted by Crippen LogP contribution is 2.40. The van der Waals surface area contributed by atoms with Crippen molar-refractivity contribution in [2.45, 2.75) is 24.8 Å². The number of β-lactam (4-membered cyclic amide) rings is 1. The number of esters is 1. The Morgan fingerprint density at radius 2 is 2.09 bits per heavy atom. The highest BCUT2D eigenvalue weighted by atomic mass is 32.2. The highest BCUT2D eigenvalue weighted by molar-refractivity contribution is 8.00. The Bertz CT molecular complexity index is 1100. The molecule has 14 nitrogen and oxygen atoms in total. The van der Waals surface area contributed by atoms with Crippen molar-refractivity contribution in [3.63, 3.8) is 0 Å². The van der Waals surface area contributed by atoms with Crippen molar-refractivity contribution in [1.29, 1.82) is 0 Å². The van der Waals surface area contributed by atoms with Crippen LogP contribution in [-0.4, -0.2) is 85.9 Å². The number of aromatic nitrogens is 1. The van der Waals surface area contributed by atoms with E-state index in [1.165, 1.54) is 24.1 Å². The standard InChI is InChI=1S/C18H19N5O9S2/c1-7(24)31-4-8-5-33-16-12(15(28)23(16)13(8)17(29)30)21-14(27)11(9-6-34-18(19)20-9)22-32-3-2-10(25)26/h6,12,16H,2-5H2,1H3,(H2,19,20)(H,21,27)(H,25,26)(H,29,30)/b22-11-/t12?,16-/m1/s1. The number of carboxylic acids is 2. The van der Waals surface area contributed by atoms with Crippen LogP contribution in [0.25, 0.3) is 0 Å². The molecule has 16 heteroatoms. The Kier molecular flexibility index (Phi) is 7.72. The van der Waals surface area contributed by atoms with E-state index in [2.05, 4.69) is 15.5 Å². The Labute approximate surface area is 199 Å². The van der Waals surface area contributed by atoms with Gasteiger partial charge in [0.15, 0.2) is 10.8 Å². The van der Waals surface area contributed by atoms with Crippen LogP contribution in [0.15, 0.2) is 21.8 Å². The SMILES string of the molecule is CC(=O)OCC1=C(C(=O)O)N2C(=O)C(NC(=O)/C(=N\OCCC(=O)O)c3csc(N)n3)[C@H]2SC1. The summed E-state index contributed by atoms with van der Waals surface area (Å²) in [6.07, 6.45) is -0.355. The molecule has 1 aromatic rings. The van der Waals surface area contributed by atoms with E-state index in [0.717, 1.165) is 16.2 Å². The molecule has 1 aromatic heterocycles. The molecule has 0 aromatic carbocycles. The molecule has 0 aliphatic carbocycles. The summed E-state index contributed by atoms with van der Waals surface area (Å²) in [5, 5.41) is 25.3. The Morgan fingerprint density at radius 1 is 1.35 bits per heavy atom. The van der Waals surface area contributed by atoms with Crippen molar-refractivity contribution in [3.05, 3.63) is 22.3 Å². The van der Waals surface area contributed by atoms with Crippen molar-refractivity contribution in [1.82, 2.24) is 15.2 Å². The summed E-state index contributed by atoms with van der Waals surface area (Å²) >= 11 is 2.22. The second-order valence-corrected chi connectivity index (χ2v) is 8.88. The van der Waals surface area contributed by atoms with Crippen LogP contribution in [0, 0.1) is 0 Å². The van der Waals surface area contributed by atoms with E-state index in [-0.39, 0.29) is 53.2 Å². The molecule has 3 heterocycles. The van der Waals surface area contributed by atoms with Crippen LogP contribution in [0.3, 0.4) is 0 Å². The molecule has 2 atom stereocenters. The van der Waals surface area contributed by atoms with Crippen molar-refractivity contribution < 1.29 is 43.8 Å². The molecule has 2 aliphatic rings. The lowest BCUT2D eigenvalue weighted by atomic mass is 10.0. The number of hydrogen-bond acceptors (Lipinski definition) is 12. The largest absolute Gasteiger partial charge is 0.481 e. The summed E-state index contributed by atoms with van der Waals surface area (Å²) in [6, 6.07) is -1.07. The third kappa shape index (κ3) is 5.45. The number of nitrogen functional groups attached to an aromatic ring is 1. The molecule has 2 amide bonds. The molecule has 1 saturated heterocycles. The summed E-state index contributed by atoms with van der Waals surface area (Å²) in [5.74, 6) is -4.43. The van der Waals surface area contributed by atoms with Crippen LogP contribution >= 0.6 is 23.1 Å². The number of anilines is 1. The number of thiazole rings is 1. The molecule has 34 heavy (non-hydrogen) atoms. The van der Waals surface area contributed by atoms with Gasteiger partial charge in [0.1, 0.15) is 36.0 Å². The van der Waals surface area contributed by atoms with Crippen LogP contribution in [0.1, 0.15) is 19.0 Å². The maximum Gasteiger partial charge on any atom is 0.352 e. The fourth-order valence-electron chi connectivity index (χ4n) is 3.04. The maximum absolute atomic E-state index is 12.9. The quantitative estimate of drug-likeness (QED) is 0.0998. The minimum Gasteiger partial charge on any atom is -0.481 e. The molecule has 182 valence electrons. The molecule has 0 bridgehead atoms. The zero-order chi connectivity index (χ0) is 25.0. The van der Waals surface area contributed by atoms with Gasteiger partial charge in [-0.25, -0.2) is 9.78 Å². The Hall–Kier alpha value is -3.66. The third-order valence-electron chi connectivity index (χ3n) is 4.53. The predicted octanol–water partition coefficient (Wildman–Crippen LogP) is -0.778. The molecule has 0 radical (unpaired) electrons. The van der Waals surface area contributed by atoms with E-state index in [4.69, 9.17) is 20.4 Å². The number of fused-ring (bicyclic) bond motifs is 1. The molecule has 2 aliphatic heterocycles. The number of rotatable bonds is 10. The summed E-state index contributed by atoms with van der Waals surface area (Å²) < 4.78 is 4.88. The van der Waals surface area contributed by atoms with E-state index in [1.807, 2.05) is 0 Å². The van der Waals surface area contributed by atoms with E-state index >= 15 is 0 Å². The van der Waals surface area contributed by atoms with Gasteiger partial charge < -0.3 is 30.8 Å². The zero-order valence-corrected chi connectivity index (χ0v) is 19.2. The first kappa shape index (κ1) is 25.0. The number of carboxylic acid groups (broad SMARTS) is 2. The molecule has 1 unspecified atom stereocenters. The minimum atomic E-state index is -1.36. The summed E-state index contributed by atoms with van der Waals surface area (Å²) in [5.41, 5.74) is 5.31. The highest BCUT2D eigenvalue weighted by Gasteiger charge is 2.54. The number of amides is 2. The number of hydrogen-bond donors (Lipinski definition) is 4. The lowest BCUT2D eigenvalue weighted by Crippen LogP contribution is -2.71. The number of aliphatic carboxylic acids is 2. The van der Waals surface area contributed by atoms with Gasteiger partial charge in [-0.2, -0.15) is 0 Å². The number of oxime groups is 1. The average molecular weight is 514 g/mol. The van der Waals surface area contributed by atoms with Gasteiger partial charge in [-0.1, -0.05) is 5.16 Å². The smallest absolute Gasteiger partial charge is 0.352 e. The summed E-state index contributed by atoms with van der Waals surface area (Å²) in [4.78, 5) is 69.0. The summed E-state index contributed by atoms with van der Waals surface area (Å²) in [7, 11) is 0. The van der Waals surface area contributed by atoms with Crippen LogP contribution in [0.4, 0.5) is 5.13 Å². The van der Waals surface area contributed by atoms with Gasteiger partial charge in [0, 0.05) is 23.6 Å². The number of ether oxygens (including phenoxy) is 1. The van der Waals surface area contributed by atoms with E-state index in [0.29, 0.717) is 0 Å². The second-order valence-electron chi connectivity index (χ2n) is 6.89. The summed E-state index contributed by atoms with van der Waals surface area (Å²) in [6.45, 7) is 0.603. The molecular formula is C18H19N5O9S2. The van der Waals surface area contributed by atoms with Crippen molar-refractivity contribution in [2.75, 3.05) is 24.7 Å². The normalized spacial score (nSPS) is 19.7. The van der Waals surface area contributed by atoms with Crippen LogP contribution in [-0.2, 0) is 33.5 Å². The van der Waals surface area contributed by atoms with Gasteiger partial charge in [0.05, 0.1) is 6.42 Å². The van der Waals surface area contributed by atoms with Crippen LogP contribution < -0.4 is 11.1 Å². The molecule has 0 saturated carbocycles. The van der Waals surface area contributed by atoms with E-state index in [9.17, 15) is 29.1 Å². The lowest BCUT2D eigenvalue weighted by molar-refractivity contribution is -0.150. The van der Waals surface area contributed by atoms with Crippen LogP contribution in [0.5, 0.6) is 0 Å². The van der Waals surface area contributed by atoms with Gasteiger partial charge in [-0.15, -0.1) is 23.1 Å². The number of carbonyl (C=O) groups excluding carboxylic acids is 3. The predicted molar refractivity (Wildman–Crippen MR) is 118 cm³/mol. The topological polar surface area (TPSA) is 211 Å². The first-order chi connectivity index (χ1) is 16.1. The second kappa shape index (κ2) is 10.5. The van der Waals surface area contributed by atoms with E-state index in [1.54, 1.807) is 0 Å². The van der Waals surface area contributed by atoms with Crippen LogP contribution in [0.2, 0.25) is 0 Å². The maximum atomic E-state index is 12.9. The number of thioether (sulfide) groups is 1. The fraction of sp³-hybridized carbons (Fsp3) is 0.389. The molecular weight excluding hydrogens is 494 g/mol. The van der Waals surface area contributed by atoms with Gasteiger partial charge >= 0.3 is 17.9 Å². The molecule has 3 rings (SSSR count). The monoisotopic (exact) mass is 513 g/mol. The number of nitrogens with two attached hydrogens (primary N) is 1. The van der Waals surface area contributed by atoms with Crippen molar-refractivity contribution in [2.24, 2.45) is 5.16 Å². The fourth-order valence-corrected chi connectivity index (χ4v) is 4.91. The minimum absolute atomic E-state index is 0.0602. The van der Waals surface area contributed by atoms with Gasteiger partial charge in [-0.05, 0) is 0 Å². The van der Waals surface area contributed by atoms with E-state index < -0.39 is 41.1 Å². The molecule has 0 spiro atoms. The number of nitrogens with one attached hydrogen (secondary N) is 1. The first-order valence-corrected chi connectivity index (χ1v) is 11.5. The Morgan fingerprint density at radius 3 is 2.68 bits per heavy atom. The number of nitrogens with zero attached hydrogens (tertiary/aromatic N) is 3. The third-order valence-corrected chi connectivity index (χ3v) is 6.54. The van der Waals surface area contributed by atoms with Gasteiger partial charge in [0.2, 0.25) is 0 Å². The van der Waals surface area contributed by atoms with Crippen molar-refractivity contribution >= 4 is 63.7 Å². The zero-order valence-electron chi connectivity index (χ0n) is 17.5. The Balaban J connectivity index is 1.76. The lowest BCUT2D eigenvalue weighted by Gasteiger charge is -2.49. The van der Waals surface area contributed by atoms with Crippen molar-refractivity contribution in [3.8, 4) is 0 Å². The first-order valence-electron chi connectivity index (χ1n) is 9.57.